The van der Waals surface area contributed by atoms with Crippen LogP contribution in [0.25, 0.3) is 10.9 Å². The molecule has 0 saturated carbocycles. The number of pyridine rings is 1. The third kappa shape index (κ3) is 5.39. The smallest absolute Gasteiger partial charge is 0.228 e. The number of carbonyl (C=O) groups excluding carboxylic acids is 1. The van der Waals surface area contributed by atoms with Crippen LogP contribution < -0.4 is 15.5 Å². The van der Waals surface area contributed by atoms with Crippen molar-refractivity contribution in [1.82, 2.24) is 20.5 Å². The van der Waals surface area contributed by atoms with Crippen molar-refractivity contribution < 1.29 is 4.79 Å². The number of benzene rings is 1. The van der Waals surface area contributed by atoms with Crippen molar-refractivity contribution in [3.63, 3.8) is 0 Å². The highest BCUT2D eigenvalue weighted by molar-refractivity contribution is 7.80. The minimum absolute atomic E-state index is 0.132. The van der Waals surface area contributed by atoms with Crippen molar-refractivity contribution in [2.24, 2.45) is 5.92 Å². The number of thiocarbonyl (C=S) groups is 1. The molecule has 2 aliphatic rings. The minimum atomic E-state index is -1.73. The number of nitrogens with one attached hydrogen (secondary N) is 2. The second-order valence-corrected chi connectivity index (χ2v) is 11.0. The van der Waals surface area contributed by atoms with Gasteiger partial charge in [0.15, 0.2) is 11.3 Å². The average Bonchev–Trinajstić information content (AvgIpc) is 3.16. The number of nitrogens with zero attached hydrogens (tertiary/aromatic N) is 3. The number of para-hydroxylation sites is 1. The van der Waals surface area contributed by atoms with Gasteiger partial charge in [-0.3, -0.25) is 9.78 Å². The summed E-state index contributed by atoms with van der Waals surface area (Å²) in [6.45, 7) is 3.14. The first kappa shape index (κ1) is 23.8. The molecule has 1 atom stereocenters. The van der Waals surface area contributed by atoms with Crippen LogP contribution in [0.4, 0.5) is 5.69 Å². The summed E-state index contributed by atoms with van der Waals surface area (Å²) in [7, 11) is 0. The van der Waals surface area contributed by atoms with Crippen LogP contribution in [0.3, 0.4) is 0 Å². The quantitative estimate of drug-likeness (QED) is 0.444. The molecule has 0 aliphatic carbocycles. The number of fused-ring (bicyclic) bond motifs is 1. The number of rotatable bonds is 6. The predicted octanol–water partition coefficient (Wildman–Crippen LogP) is 4.23. The van der Waals surface area contributed by atoms with E-state index in [-0.39, 0.29) is 5.91 Å². The maximum atomic E-state index is 12.7. The fourth-order valence-electron chi connectivity index (χ4n) is 4.39. The van der Waals surface area contributed by atoms with Crippen LogP contribution in [0.2, 0.25) is 0 Å². The first-order chi connectivity index (χ1) is 15.3. The third-order valence-corrected chi connectivity index (χ3v) is 7.18. The van der Waals surface area contributed by atoms with E-state index in [0.29, 0.717) is 30.5 Å². The molecule has 6 nitrogen and oxygen atoms in total. The molecule has 0 bridgehead atoms. The Morgan fingerprint density at radius 3 is 2.72 bits per heavy atom. The number of piperidine rings is 1. The highest BCUT2D eigenvalue weighted by Crippen LogP contribution is 2.36. The van der Waals surface area contributed by atoms with Gasteiger partial charge in [0, 0.05) is 31.1 Å². The van der Waals surface area contributed by atoms with Crippen LogP contribution in [0.5, 0.6) is 0 Å². The number of amides is 1. The van der Waals surface area contributed by atoms with Gasteiger partial charge in [0.2, 0.25) is 9.70 Å². The van der Waals surface area contributed by atoms with Crippen LogP contribution in [0.1, 0.15) is 25.7 Å². The van der Waals surface area contributed by atoms with Crippen molar-refractivity contribution >= 4 is 74.6 Å². The van der Waals surface area contributed by atoms with E-state index >= 15 is 0 Å². The van der Waals surface area contributed by atoms with Crippen molar-refractivity contribution in [2.75, 3.05) is 31.1 Å². The second-order valence-electron chi connectivity index (χ2n) is 8.22. The molecule has 2 aliphatic heterocycles. The number of alkyl halides is 3. The molecule has 0 radical (unpaired) electrons. The zero-order chi connectivity index (χ0) is 22.7. The van der Waals surface area contributed by atoms with Crippen LogP contribution in [0, 0.1) is 5.92 Å². The molecule has 3 heterocycles. The molecule has 1 amide bonds. The summed E-state index contributed by atoms with van der Waals surface area (Å²) in [6, 6.07) is 9.87. The number of hydrogen-bond donors (Lipinski definition) is 2. The van der Waals surface area contributed by atoms with Crippen LogP contribution >= 0.6 is 47.0 Å². The molecule has 2 saturated heterocycles. The van der Waals surface area contributed by atoms with E-state index in [0.717, 1.165) is 48.9 Å². The van der Waals surface area contributed by atoms with Gasteiger partial charge in [-0.1, -0.05) is 53.0 Å². The zero-order valence-electron chi connectivity index (χ0n) is 17.6. The second kappa shape index (κ2) is 10.3. The SMILES string of the molecule is O=C(CCC1CCNCC1)NC(N1CCN(c2cccc3cccnc23)C1=S)C(Cl)(Cl)Cl. The number of anilines is 1. The molecule has 2 fully saturated rings. The summed E-state index contributed by atoms with van der Waals surface area (Å²) in [5, 5.41) is 7.79. The highest BCUT2D eigenvalue weighted by Gasteiger charge is 2.43. The average molecular weight is 515 g/mol. The van der Waals surface area contributed by atoms with Crippen molar-refractivity contribution in [1.29, 1.82) is 0 Å². The lowest BCUT2D eigenvalue weighted by atomic mass is 9.93. The van der Waals surface area contributed by atoms with Crippen molar-refractivity contribution in [3.05, 3.63) is 36.5 Å². The summed E-state index contributed by atoms with van der Waals surface area (Å²) in [4.78, 5) is 21.0. The molecule has 10 heteroatoms. The van der Waals surface area contributed by atoms with Gasteiger partial charge >= 0.3 is 0 Å². The maximum absolute atomic E-state index is 12.7. The van der Waals surface area contributed by atoms with Crippen LogP contribution in [-0.2, 0) is 4.79 Å². The van der Waals surface area contributed by atoms with Crippen molar-refractivity contribution in [2.45, 2.75) is 35.6 Å². The van der Waals surface area contributed by atoms with E-state index in [9.17, 15) is 4.79 Å². The maximum Gasteiger partial charge on any atom is 0.228 e. The zero-order valence-corrected chi connectivity index (χ0v) is 20.7. The van der Waals surface area contributed by atoms with E-state index in [4.69, 9.17) is 47.0 Å². The van der Waals surface area contributed by atoms with Gasteiger partial charge in [-0.25, -0.2) is 0 Å². The monoisotopic (exact) mass is 513 g/mol. The Balaban J connectivity index is 1.47. The predicted molar refractivity (Wildman–Crippen MR) is 135 cm³/mol. The van der Waals surface area contributed by atoms with E-state index < -0.39 is 9.96 Å². The molecule has 1 aromatic heterocycles. The number of aromatic nitrogens is 1. The van der Waals surface area contributed by atoms with Crippen LogP contribution in [0.15, 0.2) is 36.5 Å². The standard InChI is InChI=1S/C22H26Cl3N5OS/c23-22(24,25)20(28-18(31)7-6-15-8-11-26-12-9-15)30-14-13-29(21(30)32)17-5-1-3-16-4-2-10-27-19(16)17/h1-5,10,15,20,26H,6-9,11-14H2,(H,28,31). The van der Waals surface area contributed by atoms with Gasteiger partial charge in [0.1, 0.15) is 0 Å². The van der Waals surface area contributed by atoms with Gasteiger partial charge < -0.3 is 20.4 Å². The summed E-state index contributed by atoms with van der Waals surface area (Å²) in [6.07, 6.45) is 4.32. The molecule has 172 valence electrons. The Labute approximate surface area is 208 Å². The molecule has 2 N–H and O–H groups in total. The minimum Gasteiger partial charge on any atom is -0.332 e. The van der Waals surface area contributed by atoms with E-state index in [2.05, 4.69) is 15.6 Å². The lowest BCUT2D eigenvalue weighted by Crippen LogP contribution is -2.56. The van der Waals surface area contributed by atoms with Gasteiger partial charge in [-0.05, 0) is 62.6 Å². The molecule has 0 spiro atoms. The molecule has 1 unspecified atom stereocenters. The molecule has 1 aromatic carbocycles. The molecular weight excluding hydrogens is 489 g/mol. The van der Waals surface area contributed by atoms with Gasteiger partial charge in [-0.15, -0.1) is 0 Å². The van der Waals surface area contributed by atoms with Gasteiger partial charge in [0.25, 0.3) is 0 Å². The number of hydrogen-bond acceptors (Lipinski definition) is 4. The lowest BCUT2D eigenvalue weighted by molar-refractivity contribution is -0.122. The molecular formula is C22H26Cl3N5OS. The Bertz CT molecular complexity index is 974. The Hall–Kier alpha value is -1.38. The summed E-state index contributed by atoms with van der Waals surface area (Å²) in [5.41, 5.74) is 1.76. The Morgan fingerprint density at radius 2 is 1.97 bits per heavy atom. The Morgan fingerprint density at radius 1 is 1.22 bits per heavy atom. The van der Waals surface area contributed by atoms with E-state index in [1.165, 1.54) is 0 Å². The molecule has 32 heavy (non-hydrogen) atoms. The lowest BCUT2D eigenvalue weighted by Gasteiger charge is -2.35. The largest absolute Gasteiger partial charge is 0.332 e. The molecule has 4 rings (SSSR count). The van der Waals surface area contributed by atoms with E-state index in [1.807, 2.05) is 35.2 Å². The normalized spacial score (nSPS) is 18.9. The number of halogens is 3. The topological polar surface area (TPSA) is 60.5 Å². The fraction of sp³-hybridized carbons (Fsp3) is 0.500. The number of carbonyl (C=O) groups is 1. The van der Waals surface area contributed by atoms with Crippen molar-refractivity contribution in [3.8, 4) is 0 Å². The van der Waals surface area contributed by atoms with Gasteiger partial charge in [-0.2, -0.15) is 0 Å². The summed E-state index contributed by atoms with van der Waals surface area (Å²) >= 11 is 24.7. The fourth-order valence-corrected chi connectivity index (χ4v) is 5.29. The van der Waals surface area contributed by atoms with Crippen LogP contribution in [-0.4, -0.2) is 57.0 Å². The first-order valence-electron chi connectivity index (χ1n) is 10.8. The molecule has 2 aromatic rings. The third-order valence-electron chi connectivity index (χ3n) is 6.10. The van der Waals surface area contributed by atoms with Gasteiger partial charge in [0.05, 0.1) is 11.2 Å². The first-order valence-corrected chi connectivity index (χ1v) is 12.4. The Kier molecular flexibility index (Phi) is 7.62. The summed E-state index contributed by atoms with van der Waals surface area (Å²) in [5.74, 6) is 0.420. The van der Waals surface area contributed by atoms with E-state index in [1.54, 1.807) is 11.1 Å². The summed E-state index contributed by atoms with van der Waals surface area (Å²) < 4.78 is -1.73. The highest BCUT2D eigenvalue weighted by atomic mass is 35.6.